The first-order valence-corrected chi connectivity index (χ1v) is 9.83. The highest BCUT2D eigenvalue weighted by Crippen LogP contribution is 2.23. The highest BCUT2D eigenvalue weighted by atomic mass is 19.1. The van der Waals surface area contributed by atoms with Gasteiger partial charge < -0.3 is 10.1 Å². The topological polar surface area (TPSA) is 54.5 Å². The molecule has 1 N–H and O–H groups in total. The average Bonchev–Trinajstić information content (AvgIpc) is 2.75. The molecule has 0 aliphatic carbocycles. The van der Waals surface area contributed by atoms with Crippen molar-refractivity contribution >= 4 is 16.8 Å². The predicted octanol–water partition coefficient (Wildman–Crippen LogP) is 3.49. The number of nitrogens with zero attached hydrogens (tertiary/aromatic N) is 2. The smallest absolute Gasteiger partial charge is 0.252 e. The summed E-state index contributed by atoms with van der Waals surface area (Å²) in [6.07, 6.45) is 0. The number of amides is 1. The van der Waals surface area contributed by atoms with E-state index in [-0.39, 0.29) is 17.8 Å². The number of ether oxygens (including phenoxy) is 1. The lowest BCUT2D eigenvalue weighted by molar-refractivity contribution is 0.0162. The molecule has 5 nitrogen and oxygen atoms in total. The quantitative estimate of drug-likeness (QED) is 0.721. The van der Waals surface area contributed by atoms with Crippen LogP contribution in [0.1, 0.15) is 27.7 Å². The van der Waals surface area contributed by atoms with Gasteiger partial charge in [0.05, 0.1) is 30.3 Å². The van der Waals surface area contributed by atoms with Crippen molar-refractivity contribution in [2.75, 3.05) is 32.8 Å². The summed E-state index contributed by atoms with van der Waals surface area (Å²) in [7, 11) is 0. The minimum absolute atomic E-state index is 0.0438. The molecule has 0 radical (unpaired) electrons. The third-order valence-corrected chi connectivity index (χ3v) is 5.29. The highest BCUT2D eigenvalue weighted by molar-refractivity contribution is 6.06. The van der Waals surface area contributed by atoms with E-state index in [0.29, 0.717) is 25.3 Å². The van der Waals surface area contributed by atoms with Gasteiger partial charge in [0.15, 0.2) is 0 Å². The first-order valence-electron chi connectivity index (χ1n) is 9.83. The number of aromatic nitrogens is 1. The van der Waals surface area contributed by atoms with Crippen LogP contribution in [0.4, 0.5) is 4.39 Å². The lowest BCUT2D eigenvalue weighted by Crippen LogP contribution is -2.43. The fourth-order valence-electron chi connectivity index (χ4n) is 3.81. The van der Waals surface area contributed by atoms with E-state index in [2.05, 4.69) is 15.2 Å². The molecule has 1 saturated heterocycles. The number of benzene rings is 2. The van der Waals surface area contributed by atoms with Crippen molar-refractivity contribution in [3.05, 3.63) is 77.2 Å². The van der Waals surface area contributed by atoms with Crippen LogP contribution in [-0.2, 0) is 4.74 Å². The van der Waals surface area contributed by atoms with E-state index in [1.54, 1.807) is 12.1 Å². The standard InChI is InChI=1S/C23H24FN3O2/c1-16-14-20(19-4-2-3-5-21(19)26-16)23(28)25-15-22(27-10-12-29-13-11-27)17-6-8-18(24)9-7-17/h2-9,14,22H,10-13,15H2,1H3,(H,25,28)/t22-/m0/s1. The second kappa shape index (κ2) is 8.68. The number of rotatable bonds is 5. The summed E-state index contributed by atoms with van der Waals surface area (Å²) in [5, 5.41) is 3.92. The minimum atomic E-state index is -0.266. The van der Waals surface area contributed by atoms with Crippen molar-refractivity contribution in [2.24, 2.45) is 0 Å². The molecule has 1 aromatic heterocycles. The first-order chi connectivity index (χ1) is 14.1. The molecule has 1 aliphatic rings. The molecule has 0 saturated carbocycles. The van der Waals surface area contributed by atoms with E-state index in [4.69, 9.17) is 4.74 Å². The summed E-state index contributed by atoms with van der Waals surface area (Å²) in [6, 6.07) is 15.9. The summed E-state index contributed by atoms with van der Waals surface area (Å²) >= 11 is 0. The number of carbonyl (C=O) groups excluding carboxylic acids is 1. The number of carbonyl (C=O) groups is 1. The summed E-state index contributed by atoms with van der Waals surface area (Å²) in [5.74, 6) is -0.399. The molecule has 29 heavy (non-hydrogen) atoms. The van der Waals surface area contributed by atoms with E-state index < -0.39 is 0 Å². The van der Waals surface area contributed by atoms with E-state index in [0.717, 1.165) is 35.2 Å². The molecule has 1 amide bonds. The normalized spacial score (nSPS) is 15.9. The molecule has 150 valence electrons. The van der Waals surface area contributed by atoms with Crippen LogP contribution in [0.25, 0.3) is 10.9 Å². The maximum atomic E-state index is 13.4. The largest absolute Gasteiger partial charge is 0.379 e. The molecule has 1 atom stereocenters. The van der Waals surface area contributed by atoms with Crippen molar-refractivity contribution < 1.29 is 13.9 Å². The molecule has 6 heteroatoms. The fraction of sp³-hybridized carbons (Fsp3) is 0.304. The average molecular weight is 393 g/mol. The van der Waals surface area contributed by atoms with E-state index >= 15 is 0 Å². The molecule has 2 heterocycles. The monoisotopic (exact) mass is 393 g/mol. The Kier molecular flexibility index (Phi) is 5.83. The summed E-state index contributed by atoms with van der Waals surface area (Å²) in [6.45, 7) is 5.17. The molecule has 0 spiro atoms. The van der Waals surface area contributed by atoms with Crippen LogP contribution in [0, 0.1) is 12.7 Å². The van der Waals surface area contributed by atoms with Crippen LogP contribution in [0.15, 0.2) is 54.6 Å². The van der Waals surface area contributed by atoms with Gasteiger partial charge in [-0.15, -0.1) is 0 Å². The Labute approximate surface area is 169 Å². The van der Waals surface area contributed by atoms with Crippen molar-refractivity contribution in [3.63, 3.8) is 0 Å². The van der Waals surface area contributed by atoms with Gasteiger partial charge in [-0.3, -0.25) is 14.7 Å². The zero-order valence-electron chi connectivity index (χ0n) is 16.4. The molecule has 4 rings (SSSR count). The van der Waals surface area contributed by atoms with Crippen LogP contribution in [0.3, 0.4) is 0 Å². The Morgan fingerprint density at radius 1 is 1.17 bits per heavy atom. The number of nitrogens with one attached hydrogen (secondary N) is 1. The number of pyridine rings is 1. The van der Waals surface area contributed by atoms with Crippen LogP contribution in [0.5, 0.6) is 0 Å². The Balaban J connectivity index is 1.57. The van der Waals surface area contributed by atoms with E-state index in [9.17, 15) is 9.18 Å². The second-order valence-corrected chi connectivity index (χ2v) is 7.25. The summed E-state index contributed by atoms with van der Waals surface area (Å²) < 4.78 is 18.9. The zero-order chi connectivity index (χ0) is 20.2. The maximum absolute atomic E-state index is 13.4. The lowest BCUT2D eigenvalue weighted by Gasteiger charge is -2.35. The summed E-state index contributed by atoms with van der Waals surface area (Å²) in [4.78, 5) is 19.8. The molecule has 2 aromatic carbocycles. The molecular weight excluding hydrogens is 369 g/mol. The van der Waals surface area contributed by atoms with E-state index in [1.807, 2.05) is 37.3 Å². The number of halogens is 1. The predicted molar refractivity (Wildman–Crippen MR) is 110 cm³/mol. The Morgan fingerprint density at radius 3 is 2.66 bits per heavy atom. The van der Waals surface area contributed by atoms with Crippen molar-refractivity contribution in [1.29, 1.82) is 0 Å². The van der Waals surface area contributed by atoms with Crippen LogP contribution in [0.2, 0.25) is 0 Å². The van der Waals surface area contributed by atoms with Gasteiger partial charge in [0.1, 0.15) is 5.82 Å². The molecule has 3 aromatic rings. The third kappa shape index (κ3) is 4.44. The van der Waals surface area contributed by atoms with Gasteiger partial charge in [-0.05, 0) is 36.8 Å². The summed E-state index contributed by atoms with van der Waals surface area (Å²) in [5.41, 5.74) is 3.20. The van der Waals surface area contributed by atoms with Crippen molar-refractivity contribution in [1.82, 2.24) is 15.2 Å². The van der Waals surface area contributed by atoms with Gasteiger partial charge in [-0.2, -0.15) is 0 Å². The number of hydrogen-bond acceptors (Lipinski definition) is 4. The SMILES string of the molecule is Cc1cc(C(=O)NC[C@@H](c2ccc(F)cc2)N2CCOCC2)c2ccccc2n1. The van der Waals surface area contributed by atoms with Gasteiger partial charge in [0, 0.05) is 30.7 Å². The number of aryl methyl sites for hydroxylation is 1. The van der Waals surface area contributed by atoms with Crippen molar-refractivity contribution in [3.8, 4) is 0 Å². The first kappa shape index (κ1) is 19.5. The van der Waals surface area contributed by atoms with Crippen molar-refractivity contribution in [2.45, 2.75) is 13.0 Å². The van der Waals surface area contributed by atoms with Gasteiger partial charge in [0.2, 0.25) is 0 Å². The zero-order valence-corrected chi connectivity index (χ0v) is 16.4. The molecule has 0 unspecified atom stereocenters. The van der Waals surface area contributed by atoms with Crippen LogP contribution in [-0.4, -0.2) is 48.6 Å². The molecule has 1 fully saturated rings. The molecular formula is C23H24FN3O2. The maximum Gasteiger partial charge on any atom is 0.252 e. The Hall–Kier alpha value is -2.83. The van der Waals surface area contributed by atoms with Crippen LogP contribution < -0.4 is 5.32 Å². The van der Waals surface area contributed by atoms with Gasteiger partial charge in [0.25, 0.3) is 5.91 Å². The van der Waals surface area contributed by atoms with Crippen LogP contribution >= 0.6 is 0 Å². The van der Waals surface area contributed by atoms with Gasteiger partial charge >= 0.3 is 0 Å². The Morgan fingerprint density at radius 2 is 1.90 bits per heavy atom. The minimum Gasteiger partial charge on any atom is -0.379 e. The number of hydrogen-bond donors (Lipinski definition) is 1. The molecule has 1 aliphatic heterocycles. The number of para-hydroxylation sites is 1. The van der Waals surface area contributed by atoms with E-state index in [1.165, 1.54) is 12.1 Å². The number of fused-ring (bicyclic) bond motifs is 1. The second-order valence-electron chi connectivity index (χ2n) is 7.25. The van der Waals surface area contributed by atoms with Gasteiger partial charge in [-0.1, -0.05) is 30.3 Å². The lowest BCUT2D eigenvalue weighted by atomic mass is 10.0. The Bertz CT molecular complexity index is 1000. The number of morpholine rings is 1. The third-order valence-electron chi connectivity index (χ3n) is 5.29. The fourth-order valence-corrected chi connectivity index (χ4v) is 3.81. The van der Waals surface area contributed by atoms with Gasteiger partial charge in [-0.25, -0.2) is 4.39 Å². The molecule has 0 bridgehead atoms. The highest BCUT2D eigenvalue weighted by Gasteiger charge is 2.24.